The molecule has 2 aromatic rings. The van der Waals surface area contributed by atoms with E-state index in [9.17, 15) is 4.79 Å². The van der Waals surface area contributed by atoms with Gasteiger partial charge in [0, 0.05) is 23.3 Å². The van der Waals surface area contributed by atoms with Crippen LogP contribution in [-0.4, -0.2) is 16.6 Å². The molecule has 0 saturated carbocycles. The van der Waals surface area contributed by atoms with Crippen molar-refractivity contribution in [2.75, 3.05) is 5.32 Å². The highest BCUT2D eigenvalue weighted by molar-refractivity contribution is 6.53. The predicted octanol–water partition coefficient (Wildman–Crippen LogP) is 1.55. The molecule has 1 amide bonds. The average Bonchev–Trinajstić information content (AvgIpc) is 2.52. The van der Waals surface area contributed by atoms with Crippen LogP contribution in [0.25, 0.3) is 10.8 Å². The highest BCUT2D eigenvalue weighted by Crippen LogP contribution is 2.27. The normalized spacial score (nSPS) is 14.1. The fourth-order valence-electron chi connectivity index (χ4n) is 1.75. The molecule has 0 aliphatic carbocycles. The Bertz CT molecular complexity index is 604. The number of rotatable bonds is 0. The molecule has 0 bridgehead atoms. The van der Waals surface area contributed by atoms with Crippen LogP contribution in [0.3, 0.4) is 0 Å². The van der Waals surface area contributed by atoms with Gasteiger partial charge >= 0.3 is 0 Å². The molecular weight excluding hydrogens is 190 g/mol. The minimum absolute atomic E-state index is 0.0238. The van der Waals surface area contributed by atoms with E-state index in [0.717, 1.165) is 10.8 Å². The number of nitrogens with zero attached hydrogens (tertiary/aromatic N) is 1. The summed E-state index contributed by atoms with van der Waals surface area (Å²) in [6.07, 6.45) is 3.43. The molecule has 4 nitrogen and oxygen atoms in total. The second kappa shape index (κ2) is 2.63. The number of benzene rings is 1. The van der Waals surface area contributed by atoms with Crippen LogP contribution < -0.4 is 5.32 Å². The van der Waals surface area contributed by atoms with Crippen molar-refractivity contribution in [1.82, 2.24) is 4.98 Å². The van der Waals surface area contributed by atoms with E-state index in [1.54, 1.807) is 12.4 Å². The van der Waals surface area contributed by atoms with Gasteiger partial charge in [-0.1, -0.05) is 0 Å². The molecular formula is C11H7N3O. The van der Waals surface area contributed by atoms with E-state index in [1.807, 2.05) is 18.2 Å². The first-order chi connectivity index (χ1) is 7.25. The largest absolute Gasteiger partial charge is 0.320 e. The van der Waals surface area contributed by atoms with Crippen molar-refractivity contribution < 1.29 is 4.79 Å². The number of nitrogens with one attached hydrogen (secondary N) is 2. The van der Waals surface area contributed by atoms with Gasteiger partial charge in [-0.3, -0.25) is 15.2 Å². The first-order valence-electron chi connectivity index (χ1n) is 4.54. The number of amides is 1. The monoisotopic (exact) mass is 197 g/mol. The van der Waals surface area contributed by atoms with Gasteiger partial charge in [-0.15, -0.1) is 0 Å². The molecule has 2 N–H and O–H groups in total. The average molecular weight is 197 g/mol. The van der Waals surface area contributed by atoms with E-state index in [1.165, 1.54) is 0 Å². The Morgan fingerprint density at radius 2 is 2.13 bits per heavy atom. The quantitative estimate of drug-likeness (QED) is 0.673. The van der Waals surface area contributed by atoms with Gasteiger partial charge in [0.05, 0.1) is 5.69 Å². The number of carbonyl (C=O) groups is 1. The molecule has 1 aliphatic heterocycles. The predicted molar refractivity (Wildman–Crippen MR) is 57.2 cm³/mol. The van der Waals surface area contributed by atoms with Gasteiger partial charge in [0.1, 0.15) is 5.71 Å². The third kappa shape index (κ3) is 1.05. The summed E-state index contributed by atoms with van der Waals surface area (Å²) in [5, 5.41) is 12.2. The molecule has 0 unspecified atom stereocenters. The standard InChI is InChI=1S/C11H7N3O/c12-10-8-3-7-5-13-2-1-6(7)4-9(8)14-11(10)15/h1-5H,(H2,12,14,15). The van der Waals surface area contributed by atoms with Crippen LogP contribution in [-0.2, 0) is 4.79 Å². The molecule has 4 heteroatoms. The van der Waals surface area contributed by atoms with Gasteiger partial charge in [0.25, 0.3) is 5.91 Å². The fourth-order valence-corrected chi connectivity index (χ4v) is 1.75. The van der Waals surface area contributed by atoms with Gasteiger partial charge in [0.2, 0.25) is 0 Å². The Hall–Kier alpha value is -2.23. The first-order valence-corrected chi connectivity index (χ1v) is 4.54. The summed E-state index contributed by atoms with van der Waals surface area (Å²) < 4.78 is 0. The SMILES string of the molecule is N=C1C(=O)Nc2cc3ccncc3cc21. The van der Waals surface area contributed by atoms with E-state index in [4.69, 9.17) is 5.41 Å². The van der Waals surface area contributed by atoms with E-state index in [0.29, 0.717) is 11.3 Å². The fraction of sp³-hybridized carbons (Fsp3) is 0. The van der Waals surface area contributed by atoms with E-state index >= 15 is 0 Å². The number of hydrogen-bond donors (Lipinski definition) is 2. The molecule has 1 aromatic heterocycles. The Labute approximate surface area is 85.5 Å². The summed E-state index contributed by atoms with van der Waals surface area (Å²) >= 11 is 0. The van der Waals surface area contributed by atoms with Crippen LogP contribution in [0, 0.1) is 5.41 Å². The Kier molecular flexibility index (Phi) is 1.42. The van der Waals surface area contributed by atoms with E-state index in [2.05, 4.69) is 10.3 Å². The summed E-state index contributed by atoms with van der Waals surface area (Å²) in [7, 11) is 0. The van der Waals surface area contributed by atoms with E-state index < -0.39 is 0 Å². The molecule has 0 saturated heterocycles. The zero-order chi connectivity index (χ0) is 10.4. The molecule has 0 spiro atoms. The van der Waals surface area contributed by atoms with Crippen molar-refractivity contribution >= 4 is 28.1 Å². The van der Waals surface area contributed by atoms with Crippen molar-refractivity contribution in [3.05, 3.63) is 36.2 Å². The molecule has 72 valence electrons. The maximum Gasteiger partial charge on any atom is 0.274 e. The Balaban J connectivity index is 2.36. The lowest BCUT2D eigenvalue weighted by molar-refractivity contribution is -0.110. The van der Waals surface area contributed by atoms with Gasteiger partial charge in [-0.25, -0.2) is 0 Å². The van der Waals surface area contributed by atoms with Crippen LogP contribution >= 0.6 is 0 Å². The lowest BCUT2D eigenvalue weighted by Gasteiger charge is -2.00. The third-order valence-electron chi connectivity index (χ3n) is 2.52. The van der Waals surface area contributed by atoms with Gasteiger partial charge < -0.3 is 5.32 Å². The zero-order valence-corrected chi connectivity index (χ0v) is 7.74. The van der Waals surface area contributed by atoms with Crippen LogP contribution in [0.15, 0.2) is 30.6 Å². The van der Waals surface area contributed by atoms with Crippen LogP contribution in [0.2, 0.25) is 0 Å². The Morgan fingerprint density at radius 3 is 3.00 bits per heavy atom. The van der Waals surface area contributed by atoms with Crippen LogP contribution in [0.4, 0.5) is 5.69 Å². The van der Waals surface area contributed by atoms with E-state index in [-0.39, 0.29) is 11.6 Å². The lowest BCUT2D eigenvalue weighted by Crippen LogP contribution is -2.12. The van der Waals surface area contributed by atoms with Crippen LogP contribution in [0.1, 0.15) is 5.56 Å². The summed E-state index contributed by atoms with van der Waals surface area (Å²) in [5.74, 6) is -0.340. The summed E-state index contributed by atoms with van der Waals surface area (Å²) in [6.45, 7) is 0. The third-order valence-corrected chi connectivity index (χ3v) is 2.52. The van der Waals surface area contributed by atoms with Crippen LogP contribution in [0.5, 0.6) is 0 Å². The molecule has 0 fully saturated rings. The molecule has 0 radical (unpaired) electrons. The summed E-state index contributed by atoms with van der Waals surface area (Å²) in [4.78, 5) is 15.3. The molecule has 0 atom stereocenters. The number of fused-ring (bicyclic) bond motifs is 2. The van der Waals surface area contributed by atoms with Gasteiger partial charge in [0.15, 0.2) is 0 Å². The molecule has 15 heavy (non-hydrogen) atoms. The lowest BCUT2D eigenvalue weighted by atomic mass is 10.1. The van der Waals surface area contributed by atoms with Crippen molar-refractivity contribution in [2.24, 2.45) is 0 Å². The van der Waals surface area contributed by atoms with Crippen molar-refractivity contribution in [3.63, 3.8) is 0 Å². The molecule has 2 heterocycles. The maximum atomic E-state index is 11.3. The highest BCUT2D eigenvalue weighted by Gasteiger charge is 2.24. The number of anilines is 1. The van der Waals surface area contributed by atoms with Crippen molar-refractivity contribution in [2.45, 2.75) is 0 Å². The number of aromatic nitrogens is 1. The van der Waals surface area contributed by atoms with Crippen molar-refractivity contribution in [3.8, 4) is 0 Å². The second-order valence-electron chi connectivity index (χ2n) is 3.45. The second-order valence-corrected chi connectivity index (χ2v) is 3.45. The topological polar surface area (TPSA) is 65.8 Å². The molecule has 1 aliphatic rings. The Morgan fingerprint density at radius 1 is 1.27 bits per heavy atom. The molecule has 1 aromatic carbocycles. The van der Waals surface area contributed by atoms with Gasteiger partial charge in [-0.2, -0.15) is 0 Å². The first kappa shape index (κ1) is 8.11. The summed E-state index contributed by atoms with van der Waals surface area (Å²) in [6, 6.07) is 5.56. The smallest absolute Gasteiger partial charge is 0.274 e. The summed E-state index contributed by atoms with van der Waals surface area (Å²) in [5.41, 5.74) is 1.39. The highest BCUT2D eigenvalue weighted by atomic mass is 16.2. The number of pyridine rings is 1. The van der Waals surface area contributed by atoms with Crippen molar-refractivity contribution in [1.29, 1.82) is 5.41 Å². The maximum absolute atomic E-state index is 11.3. The number of carbonyl (C=O) groups excluding carboxylic acids is 1. The molecule has 3 rings (SSSR count). The minimum atomic E-state index is -0.340. The van der Waals surface area contributed by atoms with Gasteiger partial charge in [-0.05, 0) is 23.6 Å². The zero-order valence-electron chi connectivity index (χ0n) is 7.74. The number of hydrogen-bond acceptors (Lipinski definition) is 3. The minimum Gasteiger partial charge on any atom is -0.320 e.